The third-order valence-electron chi connectivity index (χ3n) is 3.12. The first-order valence-electron chi connectivity index (χ1n) is 5.71. The summed E-state index contributed by atoms with van der Waals surface area (Å²) in [6.07, 6.45) is 1.18. The molecule has 1 unspecified atom stereocenters. The minimum absolute atomic E-state index is 0.114. The number of sulfone groups is 1. The molecule has 1 aromatic heterocycles. The van der Waals surface area contributed by atoms with Gasteiger partial charge in [-0.15, -0.1) is 0 Å². The van der Waals surface area contributed by atoms with Crippen LogP contribution in [0.5, 0.6) is 0 Å². The van der Waals surface area contributed by atoms with E-state index in [2.05, 4.69) is 28.1 Å². The van der Waals surface area contributed by atoms with E-state index in [0.717, 1.165) is 19.6 Å². The van der Waals surface area contributed by atoms with Crippen LogP contribution in [-0.2, 0) is 9.84 Å². The number of rotatable bonds is 2. The number of likely N-dealkylation sites (N-methyl/N-ethyl adjacent to an activating group) is 1. The highest BCUT2D eigenvalue weighted by atomic mass is 32.2. The molecular formula is C10H18N4O2S2. The van der Waals surface area contributed by atoms with Gasteiger partial charge in [0, 0.05) is 31.9 Å². The lowest BCUT2D eigenvalue weighted by atomic mass is 10.2. The number of nitrogens with two attached hydrogens (primary N) is 1. The molecule has 0 amide bonds. The monoisotopic (exact) mass is 290 g/mol. The molecule has 0 aromatic carbocycles. The largest absolute Gasteiger partial charge is 0.382 e. The Bertz CT molecular complexity index is 540. The lowest BCUT2D eigenvalue weighted by Crippen LogP contribution is -2.50. The van der Waals surface area contributed by atoms with Crippen LogP contribution in [0.4, 0.5) is 10.8 Å². The van der Waals surface area contributed by atoms with Crippen LogP contribution in [0.25, 0.3) is 0 Å². The predicted molar refractivity (Wildman–Crippen MR) is 73.9 cm³/mol. The van der Waals surface area contributed by atoms with E-state index in [1.54, 1.807) is 0 Å². The van der Waals surface area contributed by atoms with E-state index in [9.17, 15) is 8.42 Å². The fourth-order valence-electron chi connectivity index (χ4n) is 2.26. The minimum Gasteiger partial charge on any atom is -0.382 e. The molecule has 0 saturated carbocycles. The summed E-state index contributed by atoms with van der Waals surface area (Å²) in [6.45, 7) is 4.69. The molecule has 8 heteroatoms. The van der Waals surface area contributed by atoms with Gasteiger partial charge in [0.1, 0.15) is 9.90 Å². The van der Waals surface area contributed by atoms with Gasteiger partial charge in [0.15, 0.2) is 15.7 Å². The number of piperazine rings is 1. The van der Waals surface area contributed by atoms with Crippen molar-refractivity contribution in [1.29, 1.82) is 0 Å². The summed E-state index contributed by atoms with van der Waals surface area (Å²) >= 11 is 1.17. The van der Waals surface area contributed by atoms with E-state index in [-0.39, 0.29) is 16.8 Å². The van der Waals surface area contributed by atoms with Gasteiger partial charge in [-0.2, -0.15) is 4.37 Å². The van der Waals surface area contributed by atoms with Crippen molar-refractivity contribution >= 4 is 32.2 Å². The Morgan fingerprint density at radius 1 is 1.44 bits per heavy atom. The summed E-state index contributed by atoms with van der Waals surface area (Å²) in [6, 6.07) is 0.254. The third-order valence-corrected chi connectivity index (χ3v) is 5.29. The molecule has 1 saturated heterocycles. The van der Waals surface area contributed by atoms with Gasteiger partial charge in [-0.1, -0.05) is 0 Å². The Morgan fingerprint density at radius 3 is 2.67 bits per heavy atom. The fraction of sp³-hybridized carbons (Fsp3) is 0.700. The smallest absolute Gasteiger partial charge is 0.182 e. The number of nitrogens with zero attached hydrogens (tertiary/aromatic N) is 3. The van der Waals surface area contributed by atoms with Gasteiger partial charge in [-0.05, 0) is 25.5 Å². The van der Waals surface area contributed by atoms with Crippen molar-refractivity contribution in [3.63, 3.8) is 0 Å². The Morgan fingerprint density at radius 2 is 2.11 bits per heavy atom. The molecule has 2 N–H and O–H groups in total. The predicted octanol–water partition coefficient (Wildman–Crippen LogP) is 0.269. The van der Waals surface area contributed by atoms with Crippen LogP contribution >= 0.6 is 11.5 Å². The van der Waals surface area contributed by atoms with Gasteiger partial charge >= 0.3 is 0 Å². The van der Waals surface area contributed by atoms with Crippen LogP contribution in [0.15, 0.2) is 4.90 Å². The maximum atomic E-state index is 11.8. The van der Waals surface area contributed by atoms with Crippen molar-refractivity contribution in [2.24, 2.45) is 0 Å². The summed E-state index contributed by atoms with van der Waals surface area (Å²) in [5.41, 5.74) is 5.69. The molecule has 0 radical (unpaired) electrons. The first-order valence-corrected chi connectivity index (χ1v) is 8.37. The quantitative estimate of drug-likeness (QED) is 0.842. The second kappa shape index (κ2) is 4.67. The first-order chi connectivity index (χ1) is 8.30. The van der Waals surface area contributed by atoms with Crippen molar-refractivity contribution in [2.75, 3.05) is 43.6 Å². The van der Waals surface area contributed by atoms with Crippen molar-refractivity contribution in [2.45, 2.75) is 17.9 Å². The van der Waals surface area contributed by atoms with Crippen molar-refractivity contribution < 1.29 is 8.42 Å². The molecule has 0 bridgehead atoms. The van der Waals surface area contributed by atoms with Crippen LogP contribution in [0.1, 0.15) is 6.92 Å². The summed E-state index contributed by atoms with van der Waals surface area (Å²) in [5, 5.41) is 0.676. The van der Waals surface area contributed by atoms with Gasteiger partial charge in [0.2, 0.25) is 0 Å². The molecule has 102 valence electrons. The highest BCUT2D eigenvalue weighted by molar-refractivity contribution is 7.91. The zero-order chi connectivity index (χ0) is 13.5. The summed E-state index contributed by atoms with van der Waals surface area (Å²) < 4.78 is 27.6. The molecule has 1 aliphatic rings. The van der Waals surface area contributed by atoms with E-state index in [4.69, 9.17) is 5.73 Å². The van der Waals surface area contributed by atoms with Crippen LogP contribution in [0.3, 0.4) is 0 Å². The number of aromatic nitrogens is 1. The third kappa shape index (κ3) is 2.45. The number of anilines is 2. The molecule has 2 heterocycles. The van der Waals surface area contributed by atoms with Gasteiger partial charge in [-0.25, -0.2) is 8.42 Å². The zero-order valence-electron chi connectivity index (χ0n) is 10.8. The SMILES string of the molecule is CC1CN(C)CCN1c1snc(N)c1S(C)(=O)=O. The molecule has 0 aliphatic carbocycles. The van der Waals surface area contributed by atoms with E-state index >= 15 is 0 Å². The Kier molecular flexibility index (Phi) is 3.52. The summed E-state index contributed by atoms with van der Waals surface area (Å²) in [7, 11) is -1.28. The Hall–Kier alpha value is -0.860. The van der Waals surface area contributed by atoms with Crippen LogP contribution < -0.4 is 10.6 Å². The van der Waals surface area contributed by atoms with E-state index in [1.807, 2.05) is 0 Å². The van der Waals surface area contributed by atoms with Gasteiger partial charge < -0.3 is 15.5 Å². The average Bonchev–Trinajstić information content (AvgIpc) is 2.59. The minimum atomic E-state index is -3.34. The Balaban J connectivity index is 2.41. The molecule has 1 aromatic rings. The molecule has 1 atom stereocenters. The normalized spacial score (nSPS) is 22.4. The molecule has 18 heavy (non-hydrogen) atoms. The lowest BCUT2D eigenvalue weighted by Gasteiger charge is -2.39. The van der Waals surface area contributed by atoms with E-state index in [1.165, 1.54) is 17.8 Å². The maximum Gasteiger partial charge on any atom is 0.182 e. The van der Waals surface area contributed by atoms with Crippen molar-refractivity contribution in [1.82, 2.24) is 9.27 Å². The maximum absolute atomic E-state index is 11.8. The molecule has 6 nitrogen and oxygen atoms in total. The Labute approximate surface area is 111 Å². The zero-order valence-corrected chi connectivity index (χ0v) is 12.4. The molecule has 0 spiro atoms. The highest BCUT2D eigenvalue weighted by Crippen LogP contribution is 2.36. The fourth-order valence-corrected chi connectivity index (χ4v) is 4.58. The van der Waals surface area contributed by atoms with E-state index in [0.29, 0.717) is 5.00 Å². The average molecular weight is 290 g/mol. The molecule has 1 aliphatic heterocycles. The second-order valence-corrected chi connectivity index (χ2v) is 7.48. The topological polar surface area (TPSA) is 79.5 Å². The van der Waals surface area contributed by atoms with E-state index < -0.39 is 9.84 Å². The standard InChI is InChI=1S/C10H18N4O2S2/c1-7-6-13(2)4-5-14(7)10-8(18(3,15)16)9(11)12-17-10/h7H,4-6H2,1-3H3,(H2,11,12). The highest BCUT2D eigenvalue weighted by Gasteiger charge is 2.30. The number of hydrogen-bond donors (Lipinski definition) is 1. The van der Waals surface area contributed by atoms with Crippen LogP contribution in [0, 0.1) is 0 Å². The molecule has 1 fully saturated rings. The van der Waals surface area contributed by atoms with Crippen LogP contribution in [-0.4, -0.2) is 56.7 Å². The van der Waals surface area contributed by atoms with Crippen LogP contribution in [0.2, 0.25) is 0 Å². The molecule has 2 rings (SSSR count). The number of hydrogen-bond acceptors (Lipinski definition) is 7. The number of nitrogen functional groups attached to an aromatic ring is 1. The van der Waals surface area contributed by atoms with Gasteiger partial charge in [-0.3, -0.25) is 0 Å². The van der Waals surface area contributed by atoms with Gasteiger partial charge in [0.05, 0.1) is 0 Å². The molecular weight excluding hydrogens is 272 g/mol. The van der Waals surface area contributed by atoms with Crippen molar-refractivity contribution in [3.8, 4) is 0 Å². The summed E-state index contributed by atoms with van der Waals surface area (Å²) in [5.74, 6) is 0.114. The second-order valence-electron chi connectivity index (χ2n) is 4.78. The van der Waals surface area contributed by atoms with Gasteiger partial charge in [0.25, 0.3) is 0 Å². The summed E-state index contributed by atoms with van der Waals surface area (Å²) in [4.78, 5) is 4.50. The van der Waals surface area contributed by atoms with Crippen molar-refractivity contribution in [3.05, 3.63) is 0 Å². The first kappa shape index (κ1) is 13.6. The lowest BCUT2D eigenvalue weighted by molar-refractivity contribution is 0.276.